The molecule has 0 unspecified atom stereocenters. The van der Waals surface area contributed by atoms with E-state index in [1.807, 2.05) is 62.4 Å². The van der Waals surface area contributed by atoms with Crippen LogP contribution in [0.3, 0.4) is 0 Å². The monoisotopic (exact) mass is 368 g/mol. The lowest BCUT2D eigenvalue weighted by Gasteiger charge is -2.05. The molecule has 1 N–H and O–H groups in total. The van der Waals surface area contributed by atoms with Crippen molar-refractivity contribution in [2.45, 2.75) is 13.8 Å². The van der Waals surface area contributed by atoms with Crippen LogP contribution in [-0.2, 0) is 0 Å². The van der Waals surface area contributed by atoms with Gasteiger partial charge in [-0.25, -0.2) is 5.10 Å². The molecule has 0 fully saturated rings. The van der Waals surface area contributed by atoms with E-state index in [1.54, 1.807) is 10.9 Å². The Morgan fingerprint density at radius 1 is 1.08 bits per heavy atom. The first kappa shape index (κ1) is 17.9. The van der Waals surface area contributed by atoms with E-state index in [4.69, 9.17) is 21.7 Å². The summed E-state index contributed by atoms with van der Waals surface area (Å²) in [5.41, 5.74) is 1.80. The molecule has 3 rings (SSSR count). The van der Waals surface area contributed by atoms with Crippen molar-refractivity contribution >= 4 is 18.4 Å². The van der Waals surface area contributed by atoms with Crippen molar-refractivity contribution in [3.63, 3.8) is 0 Å². The summed E-state index contributed by atoms with van der Waals surface area (Å²) in [5, 5.41) is 11.6. The number of hydrogen-bond donors (Lipinski definition) is 1. The first-order valence-corrected chi connectivity index (χ1v) is 8.80. The van der Waals surface area contributed by atoms with Gasteiger partial charge in [0.2, 0.25) is 4.77 Å². The minimum atomic E-state index is 0.420. The Kier molecular flexibility index (Phi) is 5.80. The highest BCUT2D eigenvalue weighted by atomic mass is 32.1. The Balaban J connectivity index is 1.88. The molecule has 6 nitrogen and oxygen atoms in total. The Morgan fingerprint density at radius 3 is 2.54 bits per heavy atom. The molecule has 0 bridgehead atoms. The van der Waals surface area contributed by atoms with Crippen LogP contribution in [-0.4, -0.2) is 34.3 Å². The summed E-state index contributed by atoms with van der Waals surface area (Å²) in [6.07, 6.45) is 1.73. The van der Waals surface area contributed by atoms with E-state index in [0.29, 0.717) is 23.8 Å². The third kappa shape index (κ3) is 4.18. The summed E-state index contributed by atoms with van der Waals surface area (Å²) in [6.45, 7) is 5.15. The van der Waals surface area contributed by atoms with Crippen molar-refractivity contribution in [1.29, 1.82) is 0 Å². The van der Waals surface area contributed by atoms with Gasteiger partial charge in [0.05, 0.1) is 19.4 Å². The smallest absolute Gasteiger partial charge is 0.216 e. The zero-order valence-corrected chi connectivity index (χ0v) is 15.5. The van der Waals surface area contributed by atoms with Gasteiger partial charge in [0, 0.05) is 5.56 Å². The van der Waals surface area contributed by atoms with Crippen molar-refractivity contribution in [3.8, 4) is 22.9 Å². The minimum absolute atomic E-state index is 0.420. The average molecular weight is 368 g/mol. The number of ether oxygens (including phenoxy) is 2. The maximum Gasteiger partial charge on any atom is 0.216 e. The first-order chi connectivity index (χ1) is 12.7. The van der Waals surface area contributed by atoms with Gasteiger partial charge in [0.1, 0.15) is 11.5 Å². The predicted molar refractivity (Wildman–Crippen MR) is 105 cm³/mol. The molecule has 26 heavy (non-hydrogen) atoms. The van der Waals surface area contributed by atoms with Gasteiger partial charge in [-0.3, -0.25) is 0 Å². The van der Waals surface area contributed by atoms with Gasteiger partial charge in [0.15, 0.2) is 5.82 Å². The maximum atomic E-state index is 5.55. The van der Waals surface area contributed by atoms with Crippen LogP contribution in [0.5, 0.6) is 11.5 Å². The zero-order chi connectivity index (χ0) is 18.4. The highest BCUT2D eigenvalue weighted by Crippen LogP contribution is 2.22. The normalized spacial score (nSPS) is 11.0. The number of H-pyrrole nitrogens is 1. The molecular formula is C19H20N4O2S. The van der Waals surface area contributed by atoms with Gasteiger partial charge in [-0.15, -0.1) is 0 Å². The Morgan fingerprint density at radius 2 is 1.81 bits per heavy atom. The lowest BCUT2D eigenvalue weighted by atomic mass is 10.2. The molecule has 134 valence electrons. The number of hydrogen-bond acceptors (Lipinski definition) is 5. The lowest BCUT2D eigenvalue weighted by molar-refractivity contribution is 0.340. The van der Waals surface area contributed by atoms with Crippen LogP contribution in [0.2, 0.25) is 0 Å². The van der Waals surface area contributed by atoms with Gasteiger partial charge >= 0.3 is 0 Å². The summed E-state index contributed by atoms with van der Waals surface area (Å²) in [5.74, 6) is 2.23. The summed E-state index contributed by atoms with van der Waals surface area (Å²) in [4.78, 5) is 0. The molecular weight excluding hydrogens is 348 g/mol. The van der Waals surface area contributed by atoms with Crippen molar-refractivity contribution in [2.75, 3.05) is 13.2 Å². The Labute approximate surface area is 157 Å². The number of aromatic nitrogens is 3. The number of benzene rings is 2. The predicted octanol–water partition coefficient (Wildman–Crippen LogP) is 4.29. The summed E-state index contributed by atoms with van der Waals surface area (Å²) >= 11 is 5.31. The molecule has 3 aromatic rings. The van der Waals surface area contributed by atoms with E-state index in [0.717, 1.165) is 22.6 Å². The standard InChI is InChI=1S/C19H20N4O2S/c1-3-24-16-10-8-14(9-11-16)13-20-23-18(21-22-19(23)26)15-6-5-7-17(12-15)25-4-2/h5-13H,3-4H2,1-2H3,(H,22,26)/b20-13-. The Bertz CT molecular complexity index is 945. The fourth-order valence-corrected chi connectivity index (χ4v) is 2.60. The van der Waals surface area contributed by atoms with Crippen molar-refractivity contribution < 1.29 is 9.47 Å². The topological polar surface area (TPSA) is 64.4 Å². The van der Waals surface area contributed by atoms with E-state index in [9.17, 15) is 0 Å². The first-order valence-electron chi connectivity index (χ1n) is 8.39. The molecule has 0 saturated heterocycles. The summed E-state index contributed by atoms with van der Waals surface area (Å²) < 4.78 is 13.0. The molecule has 0 radical (unpaired) electrons. The largest absolute Gasteiger partial charge is 0.494 e. The third-order valence-electron chi connectivity index (χ3n) is 3.57. The highest BCUT2D eigenvalue weighted by molar-refractivity contribution is 7.71. The Hall–Kier alpha value is -2.93. The average Bonchev–Trinajstić information content (AvgIpc) is 3.03. The molecule has 0 atom stereocenters. The van der Waals surface area contributed by atoms with Crippen LogP contribution in [0.4, 0.5) is 0 Å². The van der Waals surface area contributed by atoms with Gasteiger partial charge in [0.25, 0.3) is 0 Å². The van der Waals surface area contributed by atoms with E-state index in [2.05, 4.69) is 15.3 Å². The van der Waals surface area contributed by atoms with Gasteiger partial charge in [-0.2, -0.15) is 14.9 Å². The van der Waals surface area contributed by atoms with Crippen LogP contribution in [0, 0.1) is 4.77 Å². The molecule has 0 spiro atoms. The van der Waals surface area contributed by atoms with Crippen LogP contribution in [0.15, 0.2) is 53.6 Å². The summed E-state index contributed by atoms with van der Waals surface area (Å²) in [6, 6.07) is 15.4. The number of aromatic amines is 1. The van der Waals surface area contributed by atoms with Crippen molar-refractivity contribution in [1.82, 2.24) is 14.9 Å². The van der Waals surface area contributed by atoms with E-state index in [1.165, 1.54) is 0 Å². The minimum Gasteiger partial charge on any atom is -0.494 e. The fraction of sp³-hybridized carbons (Fsp3) is 0.211. The van der Waals surface area contributed by atoms with E-state index >= 15 is 0 Å². The van der Waals surface area contributed by atoms with Gasteiger partial charge in [-0.05, 0) is 68.0 Å². The molecule has 0 amide bonds. The third-order valence-corrected chi connectivity index (χ3v) is 3.83. The molecule has 7 heteroatoms. The number of nitrogens with one attached hydrogen (secondary N) is 1. The van der Waals surface area contributed by atoms with Crippen LogP contribution >= 0.6 is 12.2 Å². The zero-order valence-electron chi connectivity index (χ0n) is 14.7. The van der Waals surface area contributed by atoms with Crippen LogP contribution in [0.25, 0.3) is 11.4 Å². The second kappa shape index (κ2) is 8.44. The molecule has 0 aliphatic heterocycles. The number of nitrogens with zero attached hydrogens (tertiary/aromatic N) is 3. The molecule has 1 heterocycles. The molecule has 0 aliphatic carbocycles. The van der Waals surface area contributed by atoms with Crippen LogP contribution < -0.4 is 9.47 Å². The fourth-order valence-electron chi connectivity index (χ4n) is 2.42. The van der Waals surface area contributed by atoms with E-state index in [-0.39, 0.29) is 0 Å². The van der Waals surface area contributed by atoms with Crippen LogP contribution in [0.1, 0.15) is 19.4 Å². The molecule has 0 saturated carbocycles. The molecule has 2 aromatic carbocycles. The van der Waals surface area contributed by atoms with Crippen molar-refractivity contribution in [2.24, 2.45) is 5.10 Å². The molecule has 0 aliphatic rings. The van der Waals surface area contributed by atoms with E-state index < -0.39 is 0 Å². The SMILES string of the molecule is CCOc1ccc(/C=N\n2c(-c3cccc(OCC)c3)n[nH]c2=S)cc1. The second-order valence-electron chi connectivity index (χ2n) is 5.37. The highest BCUT2D eigenvalue weighted by Gasteiger charge is 2.09. The lowest BCUT2D eigenvalue weighted by Crippen LogP contribution is -1.96. The summed E-state index contributed by atoms with van der Waals surface area (Å²) in [7, 11) is 0. The van der Waals surface area contributed by atoms with Crippen molar-refractivity contribution in [3.05, 3.63) is 58.9 Å². The number of rotatable bonds is 7. The second-order valence-corrected chi connectivity index (χ2v) is 5.76. The van der Waals surface area contributed by atoms with Gasteiger partial charge < -0.3 is 9.47 Å². The maximum absolute atomic E-state index is 5.55. The molecule has 1 aromatic heterocycles. The van der Waals surface area contributed by atoms with Gasteiger partial charge in [-0.1, -0.05) is 12.1 Å². The quantitative estimate of drug-likeness (QED) is 0.499.